The molecule has 0 saturated carbocycles. The van der Waals surface area contributed by atoms with Gasteiger partial charge in [-0.1, -0.05) is 48.2 Å². The summed E-state index contributed by atoms with van der Waals surface area (Å²) in [5.74, 6) is 0.686. The van der Waals surface area contributed by atoms with E-state index in [2.05, 4.69) is 16.4 Å². The number of hydrogen-bond acceptors (Lipinski definition) is 6. The summed E-state index contributed by atoms with van der Waals surface area (Å²) < 4.78 is 8.66. The highest BCUT2D eigenvalue weighted by Gasteiger charge is 2.18. The minimum absolute atomic E-state index is 0.0699. The van der Waals surface area contributed by atoms with Crippen LogP contribution >= 0.6 is 23.1 Å². The summed E-state index contributed by atoms with van der Waals surface area (Å²) in [5, 5.41) is 5.51. The molecule has 36 heavy (non-hydrogen) atoms. The normalized spacial score (nSPS) is 11.6. The van der Waals surface area contributed by atoms with E-state index in [1.807, 2.05) is 54.7 Å². The van der Waals surface area contributed by atoms with Gasteiger partial charge in [0.2, 0.25) is 5.91 Å². The Morgan fingerprint density at radius 1 is 1.08 bits per heavy atom. The van der Waals surface area contributed by atoms with Gasteiger partial charge in [0.15, 0.2) is 5.16 Å². The molecule has 0 aliphatic heterocycles. The van der Waals surface area contributed by atoms with Crippen LogP contribution in [0.5, 0.6) is 0 Å². The predicted octanol–water partition coefficient (Wildman–Crippen LogP) is 5.34. The van der Waals surface area contributed by atoms with E-state index in [1.165, 1.54) is 23.1 Å². The van der Waals surface area contributed by atoms with Crippen molar-refractivity contribution in [3.8, 4) is 0 Å². The van der Waals surface area contributed by atoms with Gasteiger partial charge in [0.25, 0.3) is 5.56 Å². The number of fused-ring (bicyclic) bond motifs is 4. The molecule has 0 aliphatic carbocycles. The van der Waals surface area contributed by atoms with Crippen molar-refractivity contribution in [2.24, 2.45) is 0 Å². The number of nitrogens with zero attached hydrogens (tertiary/aromatic N) is 2. The summed E-state index contributed by atoms with van der Waals surface area (Å²) in [5.41, 5.74) is 2.84. The van der Waals surface area contributed by atoms with Crippen molar-refractivity contribution < 1.29 is 9.21 Å². The van der Waals surface area contributed by atoms with Gasteiger partial charge in [-0.15, -0.1) is 11.3 Å². The number of rotatable bonds is 8. The standard InChI is InChI=1S/C27H22N4O3S2/c32-23(29-15-18-6-5-13-34-18)16-35-27-30-24-20-8-2-4-10-22(20)36-25(24)26(33)31(27)12-11-17-14-28-21-9-3-1-7-19(17)21/h1-10,13-14,28H,11-12,15-16H2,(H,29,32). The molecular formula is C27H22N4O3S2. The first-order chi connectivity index (χ1) is 17.7. The summed E-state index contributed by atoms with van der Waals surface area (Å²) in [7, 11) is 0. The molecule has 4 aromatic heterocycles. The Hall–Kier alpha value is -3.82. The van der Waals surface area contributed by atoms with Crippen LogP contribution in [-0.2, 0) is 24.3 Å². The molecule has 6 aromatic rings. The summed E-state index contributed by atoms with van der Waals surface area (Å²) in [6.45, 7) is 0.787. The monoisotopic (exact) mass is 514 g/mol. The average molecular weight is 515 g/mol. The van der Waals surface area contributed by atoms with Crippen LogP contribution in [-0.4, -0.2) is 26.2 Å². The molecule has 1 amide bonds. The fourth-order valence-corrected chi connectivity index (χ4v) is 6.25. The van der Waals surface area contributed by atoms with Crippen molar-refractivity contribution in [1.29, 1.82) is 0 Å². The first kappa shape index (κ1) is 22.6. The van der Waals surface area contributed by atoms with E-state index in [0.29, 0.717) is 40.6 Å². The first-order valence-corrected chi connectivity index (χ1v) is 13.4. The molecule has 0 radical (unpaired) electrons. The maximum absolute atomic E-state index is 13.7. The van der Waals surface area contributed by atoms with Gasteiger partial charge >= 0.3 is 0 Å². The lowest BCUT2D eigenvalue weighted by molar-refractivity contribution is -0.118. The average Bonchev–Trinajstić information content (AvgIpc) is 3.65. The highest BCUT2D eigenvalue weighted by atomic mass is 32.2. The minimum Gasteiger partial charge on any atom is -0.467 e. The van der Waals surface area contributed by atoms with Gasteiger partial charge in [0, 0.05) is 33.7 Å². The summed E-state index contributed by atoms with van der Waals surface area (Å²) in [4.78, 5) is 34.4. The number of para-hydroxylation sites is 1. The third-order valence-electron chi connectivity index (χ3n) is 6.10. The van der Waals surface area contributed by atoms with Crippen LogP contribution in [0.15, 0.2) is 87.5 Å². The molecular weight excluding hydrogens is 492 g/mol. The molecule has 0 fully saturated rings. The molecule has 0 aliphatic rings. The number of benzene rings is 2. The van der Waals surface area contributed by atoms with E-state index < -0.39 is 0 Å². The second-order valence-electron chi connectivity index (χ2n) is 8.38. The quantitative estimate of drug-likeness (QED) is 0.211. The number of hydrogen-bond donors (Lipinski definition) is 2. The first-order valence-electron chi connectivity index (χ1n) is 11.6. The molecule has 0 atom stereocenters. The Bertz CT molecular complexity index is 1750. The zero-order valence-corrected chi connectivity index (χ0v) is 20.8. The summed E-state index contributed by atoms with van der Waals surface area (Å²) in [6.07, 6.45) is 4.24. The van der Waals surface area contributed by atoms with Crippen LogP contribution in [0.3, 0.4) is 0 Å². The topological polar surface area (TPSA) is 92.9 Å². The van der Waals surface area contributed by atoms with Gasteiger partial charge in [-0.3, -0.25) is 14.2 Å². The molecule has 180 valence electrons. The highest BCUT2D eigenvalue weighted by molar-refractivity contribution is 7.99. The summed E-state index contributed by atoms with van der Waals surface area (Å²) >= 11 is 2.75. The molecule has 2 N–H and O–H groups in total. The van der Waals surface area contributed by atoms with Crippen molar-refractivity contribution in [1.82, 2.24) is 19.9 Å². The molecule has 4 heterocycles. The number of aryl methyl sites for hydroxylation is 1. The lowest BCUT2D eigenvalue weighted by Crippen LogP contribution is -2.26. The number of furan rings is 1. The zero-order valence-electron chi connectivity index (χ0n) is 19.2. The smallest absolute Gasteiger partial charge is 0.272 e. The predicted molar refractivity (Wildman–Crippen MR) is 145 cm³/mol. The van der Waals surface area contributed by atoms with Crippen LogP contribution in [0.4, 0.5) is 0 Å². The molecule has 0 saturated heterocycles. The molecule has 9 heteroatoms. The number of carbonyl (C=O) groups is 1. The molecule has 0 spiro atoms. The number of thioether (sulfide) groups is 1. The Morgan fingerprint density at radius 2 is 1.92 bits per heavy atom. The lowest BCUT2D eigenvalue weighted by Gasteiger charge is -2.12. The minimum atomic E-state index is -0.149. The van der Waals surface area contributed by atoms with Crippen LogP contribution in [0.25, 0.3) is 31.2 Å². The fraction of sp³-hybridized carbons (Fsp3) is 0.148. The molecule has 0 bridgehead atoms. The van der Waals surface area contributed by atoms with Crippen LogP contribution in [0.1, 0.15) is 11.3 Å². The van der Waals surface area contributed by atoms with Gasteiger partial charge in [-0.25, -0.2) is 4.98 Å². The van der Waals surface area contributed by atoms with Gasteiger partial charge in [-0.05, 0) is 36.2 Å². The number of nitrogens with one attached hydrogen (secondary N) is 2. The van der Waals surface area contributed by atoms with E-state index >= 15 is 0 Å². The largest absolute Gasteiger partial charge is 0.467 e. The number of amides is 1. The second-order valence-corrected chi connectivity index (χ2v) is 10.4. The van der Waals surface area contributed by atoms with E-state index in [9.17, 15) is 9.59 Å². The van der Waals surface area contributed by atoms with E-state index in [4.69, 9.17) is 9.40 Å². The lowest BCUT2D eigenvalue weighted by atomic mass is 10.1. The molecule has 7 nitrogen and oxygen atoms in total. The van der Waals surface area contributed by atoms with Crippen molar-refractivity contribution in [3.63, 3.8) is 0 Å². The van der Waals surface area contributed by atoms with Crippen molar-refractivity contribution in [2.75, 3.05) is 5.75 Å². The van der Waals surface area contributed by atoms with Gasteiger partial charge in [0.1, 0.15) is 10.5 Å². The SMILES string of the molecule is O=C(CSc1nc2c(sc3ccccc32)c(=O)n1CCc1c[nH]c2ccccc12)NCc1ccco1. The van der Waals surface area contributed by atoms with Crippen LogP contribution < -0.4 is 10.9 Å². The Labute approximate surface area is 214 Å². The van der Waals surface area contributed by atoms with Gasteiger partial charge < -0.3 is 14.7 Å². The zero-order chi connectivity index (χ0) is 24.5. The Kier molecular flexibility index (Phi) is 6.08. The number of carbonyl (C=O) groups excluding carboxylic acids is 1. The van der Waals surface area contributed by atoms with Crippen molar-refractivity contribution >= 4 is 60.2 Å². The number of aromatic nitrogens is 3. The third-order valence-corrected chi connectivity index (χ3v) is 8.22. The number of thiophene rings is 1. The van der Waals surface area contributed by atoms with E-state index in [-0.39, 0.29) is 17.2 Å². The van der Waals surface area contributed by atoms with Gasteiger partial charge in [-0.2, -0.15) is 0 Å². The Balaban J connectivity index is 1.31. The maximum Gasteiger partial charge on any atom is 0.272 e. The third kappa shape index (κ3) is 4.31. The van der Waals surface area contributed by atoms with Gasteiger partial charge in [0.05, 0.1) is 24.1 Å². The highest BCUT2D eigenvalue weighted by Crippen LogP contribution is 2.32. The van der Waals surface area contributed by atoms with Crippen LogP contribution in [0, 0.1) is 0 Å². The number of H-pyrrole nitrogens is 1. The number of aromatic amines is 1. The fourth-order valence-electron chi connectivity index (χ4n) is 4.31. The summed E-state index contributed by atoms with van der Waals surface area (Å²) in [6, 6.07) is 19.6. The molecule has 6 rings (SSSR count). The van der Waals surface area contributed by atoms with Crippen LogP contribution in [0.2, 0.25) is 0 Å². The second kappa shape index (κ2) is 9.67. The molecule has 0 unspecified atom stereocenters. The van der Waals surface area contributed by atoms with E-state index in [0.717, 1.165) is 26.6 Å². The molecule has 2 aromatic carbocycles. The maximum atomic E-state index is 13.7. The Morgan fingerprint density at radius 3 is 2.78 bits per heavy atom. The van der Waals surface area contributed by atoms with E-state index in [1.54, 1.807) is 16.9 Å². The van der Waals surface area contributed by atoms with Crippen molar-refractivity contribution in [2.45, 2.75) is 24.7 Å². The van der Waals surface area contributed by atoms with Crippen molar-refractivity contribution in [3.05, 3.63) is 94.8 Å².